The van der Waals surface area contributed by atoms with Crippen LogP contribution in [0.5, 0.6) is 0 Å². The third kappa shape index (κ3) is 3.81. The average Bonchev–Trinajstić information content (AvgIpc) is 3.20. The van der Waals surface area contributed by atoms with Gasteiger partial charge in [0.2, 0.25) is 5.91 Å². The van der Waals surface area contributed by atoms with Gasteiger partial charge >= 0.3 is 0 Å². The highest BCUT2D eigenvalue weighted by Crippen LogP contribution is 2.30. The van der Waals surface area contributed by atoms with Crippen LogP contribution in [0.1, 0.15) is 29.8 Å². The summed E-state index contributed by atoms with van der Waals surface area (Å²) in [6.45, 7) is 5.57. The minimum Gasteiger partial charge on any atom is -0.358 e. The van der Waals surface area contributed by atoms with Gasteiger partial charge in [-0.3, -0.25) is 4.79 Å². The summed E-state index contributed by atoms with van der Waals surface area (Å²) in [7, 11) is 0. The number of likely N-dealkylation sites (tertiary alicyclic amines) is 1. The van der Waals surface area contributed by atoms with E-state index in [4.69, 9.17) is 0 Å². The molecule has 1 fully saturated rings. The molecule has 1 aliphatic heterocycles. The molecule has 1 aromatic carbocycles. The Morgan fingerprint density at radius 3 is 2.85 bits per heavy atom. The summed E-state index contributed by atoms with van der Waals surface area (Å²) in [6.07, 6.45) is 2.81. The van der Waals surface area contributed by atoms with Crippen molar-refractivity contribution < 1.29 is 4.79 Å². The topological polar surface area (TPSA) is 58.1 Å². The van der Waals surface area contributed by atoms with E-state index in [-0.39, 0.29) is 11.9 Å². The number of carbonyl (C=O) groups excluding carboxylic acids is 1. The zero-order valence-corrected chi connectivity index (χ0v) is 16.6. The van der Waals surface area contributed by atoms with Crippen LogP contribution in [0.2, 0.25) is 0 Å². The maximum absolute atomic E-state index is 12.8. The number of carbonyl (C=O) groups is 1. The number of hydrogen-bond acceptors (Lipinski definition) is 5. The van der Waals surface area contributed by atoms with E-state index in [1.165, 1.54) is 5.56 Å². The Morgan fingerprint density at radius 1 is 1.22 bits per heavy atom. The van der Waals surface area contributed by atoms with Gasteiger partial charge in [-0.25, -0.2) is 9.97 Å². The number of thiophene rings is 1. The molecule has 6 heteroatoms. The van der Waals surface area contributed by atoms with Crippen LogP contribution in [0, 0.1) is 13.8 Å². The van der Waals surface area contributed by atoms with Crippen LogP contribution >= 0.6 is 11.3 Å². The maximum Gasteiger partial charge on any atom is 0.245 e. The molecule has 0 spiro atoms. The smallest absolute Gasteiger partial charge is 0.245 e. The molecule has 0 saturated carbocycles. The Kier molecular flexibility index (Phi) is 5.07. The van der Waals surface area contributed by atoms with Gasteiger partial charge in [-0.2, -0.15) is 0 Å². The Labute approximate surface area is 163 Å². The van der Waals surface area contributed by atoms with E-state index in [2.05, 4.69) is 51.9 Å². The third-order valence-electron chi connectivity index (χ3n) is 5.07. The third-order valence-corrected chi connectivity index (χ3v) is 6.06. The molecule has 0 radical (unpaired) electrons. The molecule has 3 aromatic rings. The van der Waals surface area contributed by atoms with Crippen molar-refractivity contribution in [1.29, 1.82) is 0 Å². The second-order valence-corrected chi connectivity index (χ2v) is 7.98. The summed E-state index contributed by atoms with van der Waals surface area (Å²) in [4.78, 5) is 24.9. The normalized spacial score (nSPS) is 17.0. The number of nitrogens with one attached hydrogen (secondary N) is 1. The first kappa shape index (κ1) is 17.9. The average molecular weight is 381 g/mol. The molecule has 1 atom stereocenters. The second-order valence-electron chi connectivity index (χ2n) is 7.12. The molecule has 4 rings (SSSR count). The molecule has 140 valence electrons. The van der Waals surface area contributed by atoms with E-state index in [9.17, 15) is 4.79 Å². The van der Waals surface area contributed by atoms with E-state index in [1.807, 2.05) is 17.9 Å². The Hall–Kier alpha value is -2.47. The summed E-state index contributed by atoms with van der Waals surface area (Å²) in [5.41, 5.74) is 2.48. The highest BCUT2D eigenvalue weighted by molar-refractivity contribution is 7.17. The molecule has 1 amide bonds. The monoisotopic (exact) mass is 380 g/mol. The van der Waals surface area contributed by atoms with Gasteiger partial charge in [-0.1, -0.05) is 30.3 Å². The number of fused-ring (bicyclic) bond motifs is 1. The second kappa shape index (κ2) is 7.64. The van der Waals surface area contributed by atoms with Crippen molar-refractivity contribution >= 4 is 33.3 Å². The predicted molar refractivity (Wildman–Crippen MR) is 110 cm³/mol. The van der Waals surface area contributed by atoms with E-state index >= 15 is 0 Å². The van der Waals surface area contributed by atoms with Crippen LogP contribution in [-0.2, 0) is 11.2 Å². The van der Waals surface area contributed by atoms with Crippen LogP contribution < -0.4 is 5.32 Å². The van der Waals surface area contributed by atoms with Crippen molar-refractivity contribution in [3.8, 4) is 0 Å². The number of benzene rings is 1. The van der Waals surface area contributed by atoms with Crippen molar-refractivity contribution in [2.24, 2.45) is 0 Å². The standard InChI is InChI=1S/C21H24N4OS/c1-14-13-27-20-18(14)19(22-15(2)23-20)24-17-10-12-25(21(17)26)11-6-9-16-7-4-3-5-8-16/h3-5,7-8,13,17H,6,9-12H2,1-2H3,(H,22,23,24). The van der Waals surface area contributed by atoms with Crippen LogP contribution in [0.25, 0.3) is 10.2 Å². The molecule has 2 aromatic heterocycles. The summed E-state index contributed by atoms with van der Waals surface area (Å²) < 4.78 is 0. The Morgan fingerprint density at radius 2 is 2.04 bits per heavy atom. The van der Waals surface area contributed by atoms with Crippen molar-refractivity contribution in [1.82, 2.24) is 14.9 Å². The Bertz CT molecular complexity index is 953. The fraction of sp³-hybridized carbons (Fsp3) is 0.381. The van der Waals surface area contributed by atoms with Gasteiger partial charge in [0.1, 0.15) is 22.5 Å². The molecule has 0 aliphatic carbocycles. The number of hydrogen-bond donors (Lipinski definition) is 1. The van der Waals surface area contributed by atoms with E-state index in [0.29, 0.717) is 0 Å². The minimum atomic E-state index is -0.196. The first-order valence-corrected chi connectivity index (χ1v) is 10.3. The number of nitrogens with zero attached hydrogens (tertiary/aromatic N) is 3. The quantitative estimate of drug-likeness (QED) is 0.703. The van der Waals surface area contributed by atoms with Gasteiger partial charge < -0.3 is 10.2 Å². The van der Waals surface area contributed by atoms with E-state index in [0.717, 1.165) is 59.8 Å². The zero-order chi connectivity index (χ0) is 18.8. The van der Waals surface area contributed by atoms with Gasteiger partial charge in [0, 0.05) is 13.1 Å². The van der Waals surface area contributed by atoms with Crippen LogP contribution in [0.3, 0.4) is 0 Å². The molecule has 1 unspecified atom stereocenters. The van der Waals surface area contributed by atoms with E-state index in [1.54, 1.807) is 11.3 Å². The van der Waals surface area contributed by atoms with Gasteiger partial charge in [-0.05, 0) is 49.6 Å². The SMILES string of the molecule is Cc1nc(NC2CCN(CCCc3ccccc3)C2=O)c2c(C)csc2n1. The summed E-state index contributed by atoms with van der Waals surface area (Å²) in [5, 5.41) is 6.54. The molecule has 1 N–H and O–H groups in total. The lowest BCUT2D eigenvalue weighted by atomic mass is 10.1. The minimum absolute atomic E-state index is 0.181. The lowest BCUT2D eigenvalue weighted by Crippen LogP contribution is -2.34. The number of amides is 1. The highest BCUT2D eigenvalue weighted by atomic mass is 32.1. The van der Waals surface area contributed by atoms with Crippen LogP contribution in [-0.4, -0.2) is 39.9 Å². The summed E-state index contributed by atoms with van der Waals surface area (Å²) in [5.74, 6) is 1.71. The molecule has 3 heterocycles. The molecule has 1 aliphatic rings. The summed E-state index contributed by atoms with van der Waals surface area (Å²) >= 11 is 1.62. The molecule has 5 nitrogen and oxygen atoms in total. The van der Waals surface area contributed by atoms with Crippen LogP contribution in [0.4, 0.5) is 5.82 Å². The van der Waals surface area contributed by atoms with Crippen molar-refractivity contribution in [2.75, 3.05) is 18.4 Å². The molecular formula is C21H24N4OS. The number of aromatic nitrogens is 2. The lowest BCUT2D eigenvalue weighted by Gasteiger charge is -2.18. The number of rotatable bonds is 6. The first-order valence-electron chi connectivity index (χ1n) is 9.43. The lowest BCUT2D eigenvalue weighted by molar-refractivity contribution is -0.128. The zero-order valence-electron chi connectivity index (χ0n) is 15.7. The van der Waals surface area contributed by atoms with Crippen molar-refractivity contribution in [2.45, 2.75) is 39.2 Å². The van der Waals surface area contributed by atoms with Gasteiger partial charge in [0.05, 0.1) is 5.39 Å². The van der Waals surface area contributed by atoms with E-state index < -0.39 is 0 Å². The molecule has 27 heavy (non-hydrogen) atoms. The number of aryl methyl sites for hydroxylation is 3. The highest BCUT2D eigenvalue weighted by Gasteiger charge is 2.32. The van der Waals surface area contributed by atoms with Crippen molar-refractivity contribution in [3.05, 3.63) is 52.7 Å². The molecular weight excluding hydrogens is 356 g/mol. The van der Waals surface area contributed by atoms with Crippen molar-refractivity contribution in [3.63, 3.8) is 0 Å². The van der Waals surface area contributed by atoms with Gasteiger partial charge in [0.25, 0.3) is 0 Å². The summed E-state index contributed by atoms with van der Waals surface area (Å²) in [6, 6.07) is 10.2. The predicted octanol–water partition coefficient (Wildman–Crippen LogP) is 3.95. The van der Waals surface area contributed by atoms with Gasteiger partial charge in [-0.15, -0.1) is 11.3 Å². The molecule has 0 bridgehead atoms. The first-order chi connectivity index (χ1) is 13.1. The maximum atomic E-state index is 12.8. The van der Waals surface area contributed by atoms with Gasteiger partial charge in [0.15, 0.2) is 0 Å². The largest absolute Gasteiger partial charge is 0.358 e. The van der Waals surface area contributed by atoms with Crippen LogP contribution in [0.15, 0.2) is 35.7 Å². The Balaban J connectivity index is 1.40. The molecule has 1 saturated heterocycles. The number of anilines is 1. The fourth-order valence-corrected chi connectivity index (χ4v) is 4.64. The fourth-order valence-electron chi connectivity index (χ4n) is 3.67.